The van der Waals surface area contributed by atoms with Gasteiger partial charge in [0.1, 0.15) is 0 Å². The molecule has 1 saturated heterocycles. The number of likely N-dealkylation sites (tertiary alicyclic amines) is 1. The van der Waals surface area contributed by atoms with Crippen LogP contribution in [0.1, 0.15) is 34.9 Å². The fourth-order valence-electron chi connectivity index (χ4n) is 3.41. The summed E-state index contributed by atoms with van der Waals surface area (Å²) in [6, 6.07) is 12.5. The second-order valence-electron chi connectivity index (χ2n) is 7.20. The van der Waals surface area contributed by atoms with Crippen LogP contribution >= 0.6 is 0 Å². The number of hydrogen-bond donors (Lipinski definition) is 0. The van der Waals surface area contributed by atoms with E-state index in [1.54, 1.807) is 4.90 Å². The highest BCUT2D eigenvalue weighted by atomic mass is 19.4. The Balaban J connectivity index is 1.44. The minimum absolute atomic E-state index is 0.0863. The summed E-state index contributed by atoms with van der Waals surface area (Å²) >= 11 is 0. The minimum atomic E-state index is -4.37. The molecule has 8 heteroatoms. The van der Waals surface area contributed by atoms with Gasteiger partial charge in [-0.05, 0) is 36.8 Å². The number of benzene rings is 2. The van der Waals surface area contributed by atoms with E-state index in [4.69, 9.17) is 4.52 Å². The summed E-state index contributed by atoms with van der Waals surface area (Å²) in [7, 11) is 0. The molecule has 0 saturated carbocycles. The van der Waals surface area contributed by atoms with Gasteiger partial charge in [-0.3, -0.25) is 4.79 Å². The molecule has 0 radical (unpaired) electrons. The Morgan fingerprint density at radius 3 is 2.62 bits per heavy atom. The molecule has 1 aliphatic heterocycles. The van der Waals surface area contributed by atoms with Gasteiger partial charge in [0.25, 0.3) is 5.89 Å². The Labute approximate surface area is 165 Å². The molecule has 1 aromatic heterocycles. The summed E-state index contributed by atoms with van der Waals surface area (Å²) in [5, 5.41) is 4.03. The van der Waals surface area contributed by atoms with E-state index >= 15 is 0 Å². The number of alkyl halides is 3. The number of carbonyl (C=O) groups excluding carboxylic acids is 1. The van der Waals surface area contributed by atoms with Crippen LogP contribution in [0.5, 0.6) is 0 Å². The lowest BCUT2D eigenvalue weighted by atomic mass is 10.1. The Morgan fingerprint density at radius 1 is 1.17 bits per heavy atom. The van der Waals surface area contributed by atoms with Crippen molar-refractivity contribution in [2.75, 3.05) is 6.54 Å². The van der Waals surface area contributed by atoms with Gasteiger partial charge in [-0.15, -0.1) is 0 Å². The molecule has 1 aliphatic rings. The van der Waals surface area contributed by atoms with Gasteiger partial charge in [0, 0.05) is 31.0 Å². The fraction of sp³-hybridized carbons (Fsp3) is 0.286. The van der Waals surface area contributed by atoms with Gasteiger partial charge >= 0.3 is 6.18 Å². The molecule has 5 nitrogen and oxygen atoms in total. The third-order valence-corrected chi connectivity index (χ3v) is 4.94. The first-order chi connectivity index (χ1) is 13.8. The zero-order valence-electron chi connectivity index (χ0n) is 15.6. The van der Waals surface area contributed by atoms with Crippen LogP contribution in [-0.2, 0) is 17.5 Å². The number of aryl methyl sites for hydroxylation is 1. The van der Waals surface area contributed by atoms with E-state index < -0.39 is 11.7 Å². The van der Waals surface area contributed by atoms with E-state index in [1.165, 1.54) is 12.1 Å². The van der Waals surface area contributed by atoms with Crippen LogP contribution in [0.25, 0.3) is 11.5 Å². The van der Waals surface area contributed by atoms with Crippen LogP contribution < -0.4 is 0 Å². The molecule has 0 bridgehead atoms. The highest BCUT2D eigenvalue weighted by molar-refractivity contribution is 5.79. The third-order valence-electron chi connectivity index (χ3n) is 4.94. The topological polar surface area (TPSA) is 59.2 Å². The van der Waals surface area contributed by atoms with Crippen molar-refractivity contribution in [3.05, 3.63) is 71.0 Å². The lowest BCUT2D eigenvalue weighted by molar-refractivity contribution is -0.137. The maximum Gasteiger partial charge on any atom is 0.416 e. The van der Waals surface area contributed by atoms with Crippen LogP contribution in [0, 0.1) is 6.92 Å². The van der Waals surface area contributed by atoms with Crippen molar-refractivity contribution in [3.8, 4) is 11.5 Å². The van der Waals surface area contributed by atoms with Crippen LogP contribution in [0.3, 0.4) is 0 Å². The van der Waals surface area contributed by atoms with Crippen LogP contribution in [-0.4, -0.2) is 27.5 Å². The number of rotatable bonds is 4. The summed E-state index contributed by atoms with van der Waals surface area (Å²) in [5.41, 5.74) is 1.82. The quantitative estimate of drug-likeness (QED) is 0.642. The second-order valence-corrected chi connectivity index (χ2v) is 7.20. The first-order valence-corrected chi connectivity index (χ1v) is 9.14. The lowest BCUT2D eigenvalue weighted by Gasteiger charge is -2.16. The molecular weight excluding hydrogens is 383 g/mol. The molecule has 1 atom stereocenters. The minimum Gasteiger partial charge on any atom is -0.338 e. The predicted molar refractivity (Wildman–Crippen MR) is 98.7 cm³/mol. The predicted octanol–water partition coefficient (Wildman–Crippen LogP) is 4.58. The van der Waals surface area contributed by atoms with Gasteiger partial charge in [-0.25, -0.2) is 0 Å². The average molecular weight is 401 g/mol. The smallest absolute Gasteiger partial charge is 0.338 e. The molecule has 150 valence electrons. The molecule has 29 heavy (non-hydrogen) atoms. The van der Waals surface area contributed by atoms with Crippen molar-refractivity contribution in [3.63, 3.8) is 0 Å². The molecule has 3 aromatic rings. The number of amides is 1. The number of halogens is 3. The Morgan fingerprint density at radius 2 is 1.93 bits per heavy atom. The van der Waals surface area contributed by atoms with Crippen LogP contribution in [0.15, 0.2) is 53.1 Å². The van der Waals surface area contributed by atoms with E-state index in [9.17, 15) is 18.0 Å². The standard InChI is InChI=1S/C21H18F3N3O2/c1-13-3-2-4-15(9-13)20-25-19(26-29-20)16-10-18(28)27(12-16)11-14-5-7-17(8-6-14)21(22,23)24/h2-9,16H,10-12H2,1H3. The molecule has 0 N–H and O–H groups in total. The van der Waals surface area contributed by atoms with E-state index in [0.717, 1.165) is 23.3 Å². The SMILES string of the molecule is Cc1cccc(-c2nc(C3CC(=O)N(Cc4ccc(C(F)(F)F)cc4)C3)no2)c1. The largest absolute Gasteiger partial charge is 0.416 e. The van der Waals surface area contributed by atoms with E-state index in [2.05, 4.69) is 10.1 Å². The molecule has 4 rings (SSSR count). The van der Waals surface area contributed by atoms with Gasteiger partial charge in [0.05, 0.1) is 5.56 Å². The maximum absolute atomic E-state index is 12.7. The summed E-state index contributed by atoms with van der Waals surface area (Å²) in [5.74, 6) is 0.568. The lowest BCUT2D eigenvalue weighted by Crippen LogP contribution is -2.24. The molecular formula is C21H18F3N3O2. The van der Waals surface area contributed by atoms with Crippen LogP contribution in [0.2, 0.25) is 0 Å². The second kappa shape index (κ2) is 7.35. The average Bonchev–Trinajstić information content (AvgIpc) is 3.29. The van der Waals surface area contributed by atoms with Crippen molar-refractivity contribution < 1.29 is 22.5 Å². The Hall–Kier alpha value is -3.16. The molecule has 0 aliphatic carbocycles. The first kappa shape index (κ1) is 19.2. The maximum atomic E-state index is 12.7. The molecule has 2 heterocycles. The number of nitrogens with zero attached hydrogens (tertiary/aromatic N) is 3. The van der Waals surface area contributed by atoms with Gasteiger partial charge in [0.2, 0.25) is 5.91 Å². The molecule has 1 unspecified atom stereocenters. The zero-order valence-corrected chi connectivity index (χ0v) is 15.6. The fourth-order valence-corrected chi connectivity index (χ4v) is 3.41. The van der Waals surface area contributed by atoms with Crippen molar-refractivity contribution >= 4 is 5.91 Å². The number of carbonyl (C=O) groups is 1. The van der Waals surface area contributed by atoms with E-state index in [0.29, 0.717) is 23.8 Å². The van der Waals surface area contributed by atoms with Gasteiger partial charge in [0.15, 0.2) is 5.82 Å². The van der Waals surface area contributed by atoms with Crippen LogP contribution in [0.4, 0.5) is 13.2 Å². The van der Waals surface area contributed by atoms with E-state index in [1.807, 2.05) is 31.2 Å². The number of hydrogen-bond acceptors (Lipinski definition) is 4. The molecule has 1 fully saturated rings. The summed E-state index contributed by atoms with van der Waals surface area (Å²) < 4.78 is 43.4. The van der Waals surface area contributed by atoms with E-state index in [-0.39, 0.29) is 24.8 Å². The van der Waals surface area contributed by atoms with Crippen molar-refractivity contribution in [2.24, 2.45) is 0 Å². The van der Waals surface area contributed by atoms with Gasteiger partial charge < -0.3 is 9.42 Å². The number of aromatic nitrogens is 2. The highest BCUT2D eigenvalue weighted by Gasteiger charge is 2.34. The normalized spacial score (nSPS) is 17.2. The van der Waals surface area contributed by atoms with Gasteiger partial charge in [-0.1, -0.05) is 35.0 Å². The van der Waals surface area contributed by atoms with Crippen molar-refractivity contribution in [1.29, 1.82) is 0 Å². The first-order valence-electron chi connectivity index (χ1n) is 9.14. The summed E-state index contributed by atoms with van der Waals surface area (Å²) in [4.78, 5) is 18.4. The molecule has 0 spiro atoms. The highest BCUT2D eigenvalue weighted by Crippen LogP contribution is 2.31. The monoisotopic (exact) mass is 401 g/mol. The third kappa shape index (κ3) is 4.16. The summed E-state index contributed by atoms with van der Waals surface area (Å²) in [6.45, 7) is 2.61. The van der Waals surface area contributed by atoms with Crippen molar-refractivity contribution in [1.82, 2.24) is 15.0 Å². The van der Waals surface area contributed by atoms with Crippen molar-refractivity contribution in [2.45, 2.75) is 32.0 Å². The zero-order chi connectivity index (χ0) is 20.6. The summed E-state index contributed by atoms with van der Waals surface area (Å²) in [6.07, 6.45) is -4.13. The molecule has 2 aromatic carbocycles. The Bertz CT molecular complexity index is 1030. The Kier molecular flexibility index (Phi) is 4.86. The van der Waals surface area contributed by atoms with Gasteiger partial charge in [-0.2, -0.15) is 18.2 Å². The molecule has 1 amide bonds.